The van der Waals surface area contributed by atoms with Crippen molar-refractivity contribution in [3.8, 4) is 11.5 Å². The molecule has 2 amide bonds. The molecule has 0 fully saturated rings. The fourth-order valence-corrected chi connectivity index (χ4v) is 5.99. The van der Waals surface area contributed by atoms with Gasteiger partial charge < -0.3 is 29.7 Å². The number of benzene rings is 4. The van der Waals surface area contributed by atoms with Crippen molar-refractivity contribution in [3.63, 3.8) is 0 Å². The summed E-state index contributed by atoms with van der Waals surface area (Å²) >= 11 is 0. The summed E-state index contributed by atoms with van der Waals surface area (Å²) in [4.78, 5) is 33.2. The van der Waals surface area contributed by atoms with Gasteiger partial charge in [0.05, 0.1) is 37.4 Å². The molecule has 1 heterocycles. The third-order valence-corrected chi connectivity index (χ3v) is 8.90. The minimum absolute atomic E-state index is 0.0662. The van der Waals surface area contributed by atoms with E-state index in [-0.39, 0.29) is 42.9 Å². The maximum Gasteiger partial charge on any atom is 0.258 e. The van der Waals surface area contributed by atoms with E-state index < -0.39 is 0 Å². The number of nitrogens with one attached hydrogen (secondary N) is 1. The van der Waals surface area contributed by atoms with E-state index >= 15 is 0 Å². The lowest BCUT2D eigenvalue weighted by molar-refractivity contribution is -0.115. The van der Waals surface area contributed by atoms with Crippen LogP contribution in [0.4, 0.5) is 17.1 Å². The highest BCUT2D eigenvalue weighted by molar-refractivity contribution is 6.02. The van der Waals surface area contributed by atoms with Crippen molar-refractivity contribution in [3.05, 3.63) is 114 Å². The number of likely N-dealkylation sites (N-methyl/N-ethyl adjacent to an activating group) is 1. The summed E-state index contributed by atoms with van der Waals surface area (Å²) in [6.45, 7) is 5.45. The van der Waals surface area contributed by atoms with Crippen LogP contribution in [0.3, 0.4) is 0 Å². The Morgan fingerprint density at radius 2 is 1.62 bits per heavy atom. The quantitative estimate of drug-likeness (QED) is 0.194. The Morgan fingerprint density at radius 3 is 2.29 bits per heavy atom. The van der Waals surface area contributed by atoms with Crippen LogP contribution in [0.15, 0.2) is 97.1 Å². The monoisotopic (exact) mass is 650 g/mol. The van der Waals surface area contributed by atoms with Crippen LogP contribution in [0, 0.1) is 5.92 Å². The largest absolute Gasteiger partial charge is 0.497 e. The number of nitrogens with zero attached hydrogens (tertiary/aromatic N) is 3. The topological polar surface area (TPSA) is 94.6 Å². The van der Waals surface area contributed by atoms with Gasteiger partial charge in [0.15, 0.2) is 5.75 Å². The van der Waals surface area contributed by atoms with Crippen LogP contribution in [0.5, 0.6) is 11.5 Å². The molecule has 252 valence electrons. The molecule has 2 N–H and O–H groups in total. The molecule has 1 aliphatic rings. The Labute approximate surface area is 283 Å². The molecule has 0 radical (unpaired) electrons. The second-order valence-corrected chi connectivity index (χ2v) is 12.6. The van der Waals surface area contributed by atoms with Crippen LogP contribution in [0.1, 0.15) is 35.3 Å². The van der Waals surface area contributed by atoms with Gasteiger partial charge in [0, 0.05) is 44.0 Å². The standard InChI is InChI=1S/C39H46N4O5/c1-27-23-43(28(2)26-44)39(46)34-12-9-13-35(40-37(45)22-29-16-20-33(47-5)21-17-29)38(34)48-36(27)25-41(3)24-30-14-18-32(19-15-30)42(4)31-10-7-6-8-11-31/h6-21,27-28,36,44H,22-26H2,1-5H3,(H,40,45)/t27-,28+,36-/m1/s1. The van der Waals surface area contributed by atoms with Crippen molar-refractivity contribution >= 4 is 28.9 Å². The highest BCUT2D eigenvalue weighted by Crippen LogP contribution is 2.35. The van der Waals surface area contributed by atoms with E-state index in [9.17, 15) is 14.7 Å². The molecule has 5 rings (SSSR count). The highest BCUT2D eigenvalue weighted by Gasteiger charge is 2.34. The second-order valence-electron chi connectivity index (χ2n) is 12.6. The smallest absolute Gasteiger partial charge is 0.258 e. The van der Waals surface area contributed by atoms with Gasteiger partial charge in [-0.1, -0.05) is 55.5 Å². The van der Waals surface area contributed by atoms with Gasteiger partial charge in [-0.2, -0.15) is 0 Å². The molecule has 4 aromatic carbocycles. The lowest BCUT2D eigenvalue weighted by Gasteiger charge is -2.38. The number of ether oxygens (including phenoxy) is 2. The van der Waals surface area contributed by atoms with Gasteiger partial charge in [-0.25, -0.2) is 0 Å². The fraction of sp³-hybridized carbons (Fsp3) is 0.333. The summed E-state index contributed by atoms with van der Waals surface area (Å²) in [5.74, 6) is 0.532. The zero-order chi connectivity index (χ0) is 34.2. The van der Waals surface area contributed by atoms with Gasteiger partial charge in [0.1, 0.15) is 11.9 Å². The van der Waals surface area contributed by atoms with E-state index in [0.29, 0.717) is 36.6 Å². The number of para-hydroxylation sites is 2. The molecule has 0 aromatic heterocycles. The predicted molar refractivity (Wildman–Crippen MR) is 190 cm³/mol. The second kappa shape index (κ2) is 15.8. The Kier molecular flexibility index (Phi) is 11.4. The van der Waals surface area contributed by atoms with Gasteiger partial charge in [-0.05, 0) is 73.6 Å². The third kappa shape index (κ3) is 8.34. The maximum atomic E-state index is 13.9. The number of hydrogen-bond acceptors (Lipinski definition) is 7. The molecule has 0 aliphatic carbocycles. The van der Waals surface area contributed by atoms with Gasteiger partial charge in [0.2, 0.25) is 5.91 Å². The van der Waals surface area contributed by atoms with Crippen molar-refractivity contribution in [2.24, 2.45) is 5.92 Å². The van der Waals surface area contributed by atoms with Crippen LogP contribution in [-0.2, 0) is 17.8 Å². The average Bonchev–Trinajstić information content (AvgIpc) is 3.10. The van der Waals surface area contributed by atoms with E-state index in [2.05, 4.69) is 72.5 Å². The summed E-state index contributed by atoms with van der Waals surface area (Å²) in [5, 5.41) is 13.0. The number of aliphatic hydroxyl groups excluding tert-OH is 1. The number of aliphatic hydroxyl groups is 1. The number of anilines is 3. The maximum absolute atomic E-state index is 13.9. The number of carbonyl (C=O) groups is 2. The van der Waals surface area contributed by atoms with Gasteiger partial charge in [-0.3, -0.25) is 14.5 Å². The van der Waals surface area contributed by atoms with Crippen molar-refractivity contribution in [2.45, 2.75) is 39.0 Å². The molecule has 9 nitrogen and oxygen atoms in total. The molecule has 0 unspecified atom stereocenters. The first kappa shape index (κ1) is 34.5. The van der Waals surface area contributed by atoms with E-state index in [1.807, 2.05) is 49.4 Å². The zero-order valence-electron chi connectivity index (χ0n) is 28.4. The van der Waals surface area contributed by atoms with Crippen LogP contribution in [-0.4, -0.2) is 79.8 Å². The van der Waals surface area contributed by atoms with Gasteiger partial charge in [0.25, 0.3) is 5.91 Å². The summed E-state index contributed by atoms with van der Waals surface area (Å²) < 4.78 is 11.9. The molecule has 9 heteroatoms. The summed E-state index contributed by atoms with van der Waals surface area (Å²) in [6.07, 6.45) is -0.156. The first-order valence-corrected chi connectivity index (χ1v) is 16.4. The molecule has 1 aliphatic heterocycles. The van der Waals surface area contributed by atoms with E-state index in [0.717, 1.165) is 22.7 Å². The molecule has 0 saturated carbocycles. The lowest BCUT2D eigenvalue weighted by atomic mass is 9.98. The molecule has 4 aromatic rings. The number of amides is 2. The predicted octanol–water partition coefficient (Wildman–Crippen LogP) is 6.00. The molecule has 0 saturated heterocycles. The molecular formula is C39H46N4O5. The molecule has 48 heavy (non-hydrogen) atoms. The number of methoxy groups -OCH3 is 1. The molecule has 0 spiro atoms. The van der Waals surface area contributed by atoms with Crippen LogP contribution in [0.2, 0.25) is 0 Å². The minimum atomic E-state index is -0.384. The number of carbonyl (C=O) groups excluding carboxylic acids is 2. The van der Waals surface area contributed by atoms with Crippen molar-refractivity contribution in [1.29, 1.82) is 0 Å². The van der Waals surface area contributed by atoms with Crippen molar-refractivity contribution in [2.75, 3.05) is 51.1 Å². The van der Waals surface area contributed by atoms with Crippen molar-refractivity contribution in [1.82, 2.24) is 9.80 Å². The van der Waals surface area contributed by atoms with Gasteiger partial charge in [-0.15, -0.1) is 0 Å². The Hall–Kier alpha value is -4.86. The Balaban J connectivity index is 1.35. The Morgan fingerprint density at radius 1 is 0.958 bits per heavy atom. The lowest BCUT2D eigenvalue weighted by Crippen LogP contribution is -2.49. The first-order valence-electron chi connectivity index (χ1n) is 16.4. The normalized spacial score (nSPS) is 16.7. The van der Waals surface area contributed by atoms with E-state index in [1.165, 1.54) is 5.56 Å². The van der Waals surface area contributed by atoms with Crippen LogP contribution < -0.4 is 19.7 Å². The molecular weight excluding hydrogens is 604 g/mol. The van der Waals surface area contributed by atoms with E-state index in [1.54, 1.807) is 30.2 Å². The number of rotatable bonds is 12. The first-order chi connectivity index (χ1) is 23.2. The van der Waals surface area contributed by atoms with Crippen molar-refractivity contribution < 1.29 is 24.2 Å². The Bertz CT molecular complexity index is 1660. The fourth-order valence-electron chi connectivity index (χ4n) is 5.99. The minimum Gasteiger partial charge on any atom is -0.497 e. The number of hydrogen-bond donors (Lipinski definition) is 2. The summed E-state index contributed by atoms with van der Waals surface area (Å²) in [6, 6.07) is 31.0. The third-order valence-electron chi connectivity index (χ3n) is 8.90. The summed E-state index contributed by atoms with van der Waals surface area (Å²) in [5.41, 5.74) is 5.02. The number of fused-ring (bicyclic) bond motifs is 1. The SMILES string of the molecule is COc1ccc(CC(=O)Nc2cccc3c2O[C@H](CN(C)Cc2ccc(N(C)c4ccccc4)cc2)[C@H](C)CN([C@@H](C)CO)C3=O)cc1. The van der Waals surface area contributed by atoms with Gasteiger partial charge >= 0.3 is 0 Å². The summed E-state index contributed by atoms with van der Waals surface area (Å²) in [7, 11) is 5.72. The zero-order valence-corrected chi connectivity index (χ0v) is 28.4. The molecule has 3 atom stereocenters. The molecule has 0 bridgehead atoms. The van der Waals surface area contributed by atoms with E-state index in [4.69, 9.17) is 9.47 Å². The average molecular weight is 651 g/mol. The van der Waals surface area contributed by atoms with Crippen LogP contribution >= 0.6 is 0 Å². The van der Waals surface area contributed by atoms with Crippen LogP contribution in [0.25, 0.3) is 0 Å². The highest BCUT2D eigenvalue weighted by atomic mass is 16.5.